The van der Waals surface area contributed by atoms with Crippen LogP contribution in [0.1, 0.15) is 43.2 Å². The molecule has 0 radical (unpaired) electrons. The van der Waals surface area contributed by atoms with Crippen LogP contribution in [0.25, 0.3) is 0 Å². The highest BCUT2D eigenvalue weighted by Crippen LogP contribution is 2.27. The molecule has 3 N–H and O–H groups in total. The number of benzene rings is 1. The van der Waals surface area contributed by atoms with Crippen LogP contribution < -0.4 is 15.8 Å². The first-order chi connectivity index (χ1) is 9.74. The van der Waals surface area contributed by atoms with E-state index < -0.39 is 0 Å². The third-order valence-electron chi connectivity index (χ3n) is 4.89. The van der Waals surface area contributed by atoms with Gasteiger partial charge in [-0.05, 0) is 68.2 Å². The van der Waals surface area contributed by atoms with Crippen molar-refractivity contribution in [2.24, 2.45) is 5.73 Å². The standard InChI is InChI=1S/C17H26N2O/c1-20-17-9-3-12-2-6-16(10-13(12)11-17)19-15-7-4-14(18)5-8-15/h3,9,11,14-16,19H,2,4-8,10,18H2,1H3. The molecule has 3 nitrogen and oxygen atoms in total. The van der Waals surface area contributed by atoms with Gasteiger partial charge in [-0.15, -0.1) is 0 Å². The van der Waals surface area contributed by atoms with Gasteiger partial charge in [0.15, 0.2) is 0 Å². The highest BCUT2D eigenvalue weighted by Gasteiger charge is 2.24. The summed E-state index contributed by atoms with van der Waals surface area (Å²) in [6.45, 7) is 0. The van der Waals surface area contributed by atoms with E-state index in [2.05, 4.69) is 23.5 Å². The number of hydrogen-bond acceptors (Lipinski definition) is 3. The number of nitrogens with two attached hydrogens (primary N) is 1. The average molecular weight is 274 g/mol. The number of fused-ring (bicyclic) bond motifs is 1. The Bertz CT molecular complexity index is 452. The van der Waals surface area contributed by atoms with Crippen molar-refractivity contribution < 1.29 is 4.74 Å². The number of aryl methyl sites for hydroxylation is 1. The maximum atomic E-state index is 5.98. The summed E-state index contributed by atoms with van der Waals surface area (Å²) < 4.78 is 5.34. The first-order valence-electron chi connectivity index (χ1n) is 7.92. The molecule has 0 aliphatic heterocycles. The SMILES string of the molecule is COc1ccc2c(c1)CC(NC1CCC(N)CC1)CC2. The van der Waals surface area contributed by atoms with Crippen molar-refractivity contribution in [2.45, 2.75) is 63.1 Å². The largest absolute Gasteiger partial charge is 0.497 e. The van der Waals surface area contributed by atoms with E-state index in [1.165, 1.54) is 49.7 Å². The van der Waals surface area contributed by atoms with Gasteiger partial charge in [0.25, 0.3) is 0 Å². The van der Waals surface area contributed by atoms with Crippen molar-refractivity contribution in [2.75, 3.05) is 7.11 Å². The summed E-state index contributed by atoms with van der Waals surface area (Å²) in [7, 11) is 1.74. The van der Waals surface area contributed by atoms with Gasteiger partial charge in [0.05, 0.1) is 7.11 Å². The van der Waals surface area contributed by atoms with Crippen LogP contribution in [0.2, 0.25) is 0 Å². The maximum Gasteiger partial charge on any atom is 0.119 e. The van der Waals surface area contributed by atoms with Crippen LogP contribution in [0.5, 0.6) is 5.75 Å². The molecule has 2 aliphatic carbocycles. The van der Waals surface area contributed by atoms with Crippen molar-refractivity contribution in [1.29, 1.82) is 0 Å². The molecule has 1 saturated carbocycles. The van der Waals surface area contributed by atoms with Crippen molar-refractivity contribution >= 4 is 0 Å². The molecule has 3 heteroatoms. The van der Waals surface area contributed by atoms with Crippen molar-refractivity contribution in [3.63, 3.8) is 0 Å². The zero-order valence-corrected chi connectivity index (χ0v) is 12.4. The van der Waals surface area contributed by atoms with Gasteiger partial charge in [-0.2, -0.15) is 0 Å². The predicted molar refractivity (Wildman–Crippen MR) is 82.2 cm³/mol. The molecule has 20 heavy (non-hydrogen) atoms. The number of nitrogens with one attached hydrogen (secondary N) is 1. The Hall–Kier alpha value is -1.06. The van der Waals surface area contributed by atoms with E-state index in [0.717, 1.165) is 12.2 Å². The van der Waals surface area contributed by atoms with E-state index >= 15 is 0 Å². The number of hydrogen-bond donors (Lipinski definition) is 2. The molecular weight excluding hydrogens is 248 g/mol. The molecule has 1 atom stereocenters. The summed E-state index contributed by atoms with van der Waals surface area (Å²) in [5, 5.41) is 3.86. The fourth-order valence-corrected chi connectivity index (χ4v) is 3.62. The second-order valence-corrected chi connectivity index (χ2v) is 6.35. The zero-order valence-electron chi connectivity index (χ0n) is 12.4. The van der Waals surface area contributed by atoms with E-state index in [0.29, 0.717) is 18.1 Å². The summed E-state index contributed by atoms with van der Waals surface area (Å²) >= 11 is 0. The maximum absolute atomic E-state index is 5.98. The Morgan fingerprint density at radius 3 is 2.60 bits per heavy atom. The lowest BCUT2D eigenvalue weighted by Crippen LogP contribution is -2.44. The summed E-state index contributed by atoms with van der Waals surface area (Å²) in [6, 6.07) is 8.24. The summed E-state index contributed by atoms with van der Waals surface area (Å²) in [6.07, 6.45) is 8.40. The normalized spacial score (nSPS) is 29.8. The molecule has 0 aromatic heterocycles. The topological polar surface area (TPSA) is 47.3 Å². The van der Waals surface area contributed by atoms with E-state index in [-0.39, 0.29) is 0 Å². The molecule has 0 bridgehead atoms. The van der Waals surface area contributed by atoms with Crippen LogP contribution in [-0.4, -0.2) is 25.2 Å². The van der Waals surface area contributed by atoms with Crippen LogP contribution in [0.15, 0.2) is 18.2 Å². The Kier molecular flexibility index (Phi) is 4.27. The quantitative estimate of drug-likeness (QED) is 0.890. The molecule has 1 fully saturated rings. The van der Waals surface area contributed by atoms with E-state index in [4.69, 9.17) is 10.5 Å². The first kappa shape index (κ1) is 13.9. The summed E-state index contributed by atoms with van der Waals surface area (Å²) in [5.41, 5.74) is 8.94. The molecule has 1 aromatic carbocycles. The van der Waals surface area contributed by atoms with Gasteiger partial charge >= 0.3 is 0 Å². The van der Waals surface area contributed by atoms with Gasteiger partial charge in [-0.25, -0.2) is 0 Å². The summed E-state index contributed by atoms with van der Waals surface area (Å²) in [4.78, 5) is 0. The molecular formula is C17H26N2O. The highest BCUT2D eigenvalue weighted by molar-refractivity contribution is 5.37. The van der Waals surface area contributed by atoms with Gasteiger partial charge in [-0.1, -0.05) is 6.07 Å². The van der Waals surface area contributed by atoms with E-state index in [1.54, 1.807) is 7.11 Å². The Morgan fingerprint density at radius 1 is 1.05 bits per heavy atom. The van der Waals surface area contributed by atoms with Gasteiger partial charge < -0.3 is 15.8 Å². The van der Waals surface area contributed by atoms with Crippen LogP contribution in [0.3, 0.4) is 0 Å². The molecule has 0 saturated heterocycles. The van der Waals surface area contributed by atoms with Gasteiger partial charge in [-0.3, -0.25) is 0 Å². The monoisotopic (exact) mass is 274 g/mol. The van der Waals surface area contributed by atoms with Crippen LogP contribution in [0, 0.1) is 0 Å². The van der Waals surface area contributed by atoms with Crippen LogP contribution in [0.4, 0.5) is 0 Å². The lowest BCUT2D eigenvalue weighted by molar-refractivity contribution is 0.301. The molecule has 110 valence electrons. The first-order valence-corrected chi connectivity index (χ1v) is 7.92. The average Bonchev–Trinajstić information content (AvgIpc) is 2.49. The fourth-order valence-electron chi connectivity index (χ4n) is 3.62. The summed E-state index contributed by atoms with van der Waals surface area (Å²) in [5.74, 6) is 0.980. The van der Waals surface area contributed by atoms with Crippen molar-refractivity contribution in [3.05, 3.63) is 29.3 Å². The molecule has 2 aliphatic rings. The number of ether oxygens (including phenoxy) is 1. The number of methoxy groups -OCH3 is 1. The molecule has 3 rings (SSSR count). The van der Waals surface area contributed by atoms with Crippen molar-refractivity contribution in [3.8, 4) is 5.75 Å². The Labute approximate surface area is 121 Å². The molecule has 0 spiro atoms. The highest BCUT2D eigenvalue weighted by atomic mass is 16.5. The van der Waals surface area contributed by atoms with Gasteiger partial charge in [0.1, 0.15) is 5.75 Å². The molecule has 1 aromatic rings. The minimum absolute atomic E-state index is 0.435. The second kappa shape index (κ2) is 6.15. The minimum Gasteiger partial charge on any atom is -0.497 e. The minimum atomic E-state index is 0.435. The Morgan fingerprint density at radius 2 is 1.85 bits per heavy atom. The van der Waals surface area contributed by atoms with Crippen molar-refractivity contribution in [1.82, 2.24) is 5.32 Å². The second-order valence-electron chi connectivity index (χ2n) is 6.35. The molecule has 0 heterocycles. The number of rotatable bonds is 3. The third kappa shape index (κ3) is 3.15. The Balaban J connectivity index is 1.60. The van der Waals surface area contributed by atoms with E-state index in [9.17, 15) is 0 Å². The van der Waals surface area contributed by atoms with Crippen LogP contribution in [-0.2, 0) is 12.8 Å². The van der Waals surface area contributed by atoms with Gasteiger partial charge in [0.2, 0.25) is 0 Å². The third-order valence-corrected chi connectivity index (χ3v) is 4.89. The lowest BCUT2D eigenvalue weighted by Gasteiger charge is -2.33. The van der Waals surface area contributed by atoms with E-state index in [1.807, 2.05) is 0 Å². The fraction of sp³-hybridized carbons (Fsp3) is 0.647. The zero-order chi connectivity index (χ0) is 13.9. The predicted octanol–water partition coefficient (Wildman–Crippen LogP) is 2.41. The lowest BCUT2D eigenvalue weighted by atomic mass is 9.86. The van der Waals surface area contributed by atoms with Gasteiger partial charge in [0, 0.05) is 18.1 Å². The molecule has 0 amide bonds. The molecule has 1 unspecified atom stereocenters. The van der Waals surface area contributed by atoms with Crippen LogP contribution >= 0.6 is 0 Å². The smallest absolute Gasteiger partial charge is 0.119 e.